The highest BCUT2D eigenvalue weighted by Gasteiger charge is 2.08. The largest absolute Gasteiger partial charge is 0.491 e. The van der Waals surface area contributed by atoms with E-state index in [1.807, 2.05) is 18.5 Å². The molecule has 1 aromatic carbocycles. The van der Waals surface area contributed by atoms with E-state index in [1.165, 1.54) is 18.9 Å². The van der Waals surface area contributed by atoms with Crippen LogP contribution < -0.4 is 4.74 Å². The van der Waals surface area contributed by atoms with Crippen LogP contribution in [0.25, 0.3) is 11.4 Å². The Morgan fingerprint density at radius 3 is 2.33 bits per heavy atom. The SMILES string of the molecule is CCCCCOc1ccc(-c2ncc(CCCCC)cn2)cc1F. The number of aromatic nitrogens is 2. The van der Waals surface area contributed by atoms with Crippen LogP contribution in [0.1, 0.15) is 57.9 Å². The molecule has 0 aliphatic carbocycles. The fourth-order valence-corrected chi connectivity index (χ4v) is 2.50. The van der Waals surface area contributed by atoms with Gasteiger partial charge in [-0.1, -0.05) is 39.5 Å². The summed E-state index contributed by atoms with van der Waals surface area (Å²) in [6, 6.07) is 4.92. The Kier molecular flexibility index (Phi) is 7.66. The van der Waals surface area contributed by atoms with E-state index >= 15 is 0 Å². The van der Waals surface area contributed by atoms with Gasteiger partial charge in [0.25, 0.3) is 0 Å². The van der Waals surface area contributed by atoms with Crippen LogP contribution in [0.5, 0.6) is 5.75 Å². The number of hydrogen-bond acceptors (Lipinski definition) is 3. The summed E-state index contributed by atoms with van der Waals surface area (Å²) in [5.41, 5.74) is 1.80. The van der Waals surface area contributed by atoms with Crippen molar-refractivity contribution in [3.05, 3.63) is 42.0 Å². The van der Waals surface area contributed by atoms with Crippen molar-refractivity contribution < 1.29 is 9.13 Å². The molecule has 4 heteroatoms. The number of aryl methyl sites for hydroxylation is 1. The van der Waals surface area contributed by atoms with Gasteiger partial charge < -0.3 is 4.74 Å². The maximum atomic E-state index is 14.1. The van der Waals surface area contributed by atoms with Gasteiger partial charge in [-0.25, -0.2) is 14.4 Å². The Bertz CT molecular complexity index is 614. The average molecular weight is 330 g/mol. The van der Waals surface area contributed by atoms with Crippen LogP contribution in [0.4, 0.5) is 4.39 Å². The summed E-state index contributed by atoms with van der Waals surface area (Å²) >= 11 is 0. The second kappa shape index (κ2) is 10.0. The molecular weight excluding hydrogens is 303 g/mol. The smallest absolute Gasteiger partial charge is 0.165 e. The van der Waals surface area contributed by atoms with Gasteiger partial charge in [-0.2, -0.15) is 0 Å². The molecule has 0 unspecified atom stereocenters. The minimum atomic E-state index is -0.361. The Morgan fingerprint density at radius 2 is 1.67 bits per heavy atom. The fourth-order valence-electron chi connectivity index (χ4n) is 2.50. The topological polar surface area (TPSA) is 35.0 Å². The van der Waals surface area contributed by atoms with E-state index < -0.39 is 0 Å². The molecule has 0 atom stereocenters. The zero-order chi connectivity index (χ0) is 17.2. The third kappa shape index (κ3) is 5.59. The van der Waals surface area contributed by atoms with Crippen LogP contribution in [0.15, 0.2) is 30.6 Å². The molecule has 0 radical (unpaired) electrons. The van der Waals surface area contributed by atoms with Gasteiger partial charge in [0.2, 0.25) is 0 Å². The highest BCUT2D eigenvalue weighted by Crippen LogP contribution is 2.23. The van der Waals surface area contributed by atoms with Gasteiger partial charge in [0.1, 0.15) is 0 Å². The number of halogens is 1. The van der Waals surface area contributed by atoms with E-state index in [1.54, 1.807) is 6.07 Å². The second-order valence-electron chi connectivity index (χ2n) is 6.07. The molecule has 2 aromatic rings. The first-order valence-electron chi connectivity index (χ1n) is 8.98. The molecule has 1 aromatic heterocycles. The van der Waals surface area contributed by atoms with Crippen molar-refractivity contribution in [2.45, 2.75) is 58.8 Å². The number of hydrogen-bond donors (Lipinski definition) is 0. The zero-order valence-electron chi connectivity index (χ0n) is 14.7. The maximum Gasteiger partial charge on any atom is 0.165 e. The summed E-state index contributed by atoms with van der Waals surface area (Å²) in [5, 5.41) is 0. The summed E-state index contributed by atoms with van der Waals surface area (Å²) in [6.45, 7) is 4.86. The van der Waals surface area contributed by atoms with Crippen molar-refractivity contribution in [3.63, 3.8) is 0 Å². The van der Waals surface area contributed by atoms with Gasteiger partial charge in [0.05, 0.1) is 6.61 Å². The summed E-state index contributed by atoms with van der Waals surface area (Å²) < 4.78 is 19.6. The summed E-state index contributed by atoms with van der Waals surface area (Å²) in [5.74, 6) is 0.483. The number of ether oxygens (including phenoxy) is 1. The molecular formula is C20H27FN2O. The normalized spacial score (nSPS) is 10.8. The molecule has 0 bridgehead atoms. The molecule has 0 aliphatic heterocycles. The Hall–Kier alpha value is -1.97. The first-order valence-corrected chi connectivity index (χ1v) is 8.98. The van der Waals surface area contributed by atoms with E-state index in [4.69, 9.17) is 4.74 Å². The molecule has 2 rings (SSSR count). The first kappa shape index (κ1) is 18.4. The van der Waals surface area contributed by atoms with Gasteiger partial charge in [0, 0.05) is 18.0 Å². The lowest BCUT2D eigenvalue weighted by molar-refractivity contribution is 0.291. The van der Waals surface area contributed by atoms with Crippen molar-refractivity contribution in [3.8, 4) is 17.1 Å². The van der Waals surface area contributed by atoms with Gasteiger partial charge in [-0.15, -0.1) is 0 Å². The second-order valence-corrected chi connectivity index (χ2v) is 6.07. The van der Waals surface area contributed by atoms with Crippen LogP contribution in [0, 0.1) is 5.82 Å². The third-order valence-corrected chi connectivity index (χ3v) is 3.97. The Balaban J connectivity index is 1.97. The number of rotatable bonds is 10. The minimum absolute atomic E-state index is 0.297. The van der Waals surface area contributed by atoms with Gasteiger partial charge in [0.15, 0.2) is 17.4 Å². The number of benzene rings is 1. The van der Waals surface area contributed by atoms with Crippen molar-refractivity contribution in [2.24, 2.45) is 0 Å². The average Bonchev–Trinajstić information content (AvgIpc) is 2.61. The molecule has 0 aliphatic rings. The van der Waals surface area contributed by atoms with E-state index in [9.17, 15) is 4.39 Å². The van der Waals surface area contributed by atoms with Crippen molar-refractivity contribution in [1.82, 2.24) is 9.97 Å². The molecule has 1 heterocycles. The molecule has 3 nitrogen and oxygen atoms in total. The van der Waals surface area contributed by atoms with Gasteiger partial charge >= 0.3 is 0 Å². The van der Waals surface area contributed by atoms with Gasteiger partial charge in [-0.3, -0.25) is 0 Å². The molecule has 130 valence electrons. The lowest BCUT2D eigenvalue weighted by Gasteiger charge is -2.08. The predicted molar refractivity (Wildman–Crippen MR) is 95.7 cm³/mol. The third-order valence-electron chi connectivity index (χ3n) is 3.97. The minimum Gasteiger partial charge on any atom is -0.491 e. The molecule has 0 spiro atoms. The highest BCUT2D eigenvalue weighted by atomic mass is 19.1. The zero-order valence-corrected chi connectivity index (χ0v) is 14.7. The molecule has 0 saturated heterocycles. The van der Waals surface area contributed by atoms with E-state index in [0.717, 1.165) is 37.7 Å². The Labute approximate surface area is 144 Å². The van der Waals surface area contributed by atoms with Crippen LogP contribution in [0.3, 0.4) is 0 Å². The van der Waals surface area contributed by atoms with Crippen LogP contribution in [0.2, 0.25) is 0 Å². The number of nitrogens with zero attached hydrogens (tertiary/aromatic N) is 2. The van der Waals surface area contributed by atoms with E-state index in [2.05, 4.69) is 23.8 Å². The Morgan fingerprint density at radius 1 is 0.958 bits per heavy atom. The lowest BCUT2D eigenvalue weighted by Crippen LogP contribution is -2.00. The predicted octanol–water partition coefficient (Wildman–Crippen LogP) is 5.58. The molecule has 24 heavy (non-hydrogen) atoms. The molecule has 0 fully saturated rings. The first-order chi connectivity index (χ1) is 11.7. The summed E-state index contributed by atoms with van der Waals surface area (Å²) in [6.07, 6.45) is 11.4. The quantitative estimate of drug-likeness (QED) is 0.533. The monoisotopic (exact) mass is 330 g/mol. The van der Waals surface area contributed by atoms with Crippen molar-refractivity contribution in [2.75, 3.05) is 6.61 Å². The van der Waals surface area contributed by atoms with Gasteiger partial charge in [-0.05, 0) is 43.0 Å². The molecule has 0 amide bonds. The van der Waals surface area contributed by atoms with Crippen LogP contribution in [-0.2, 0) is 6.42 Å². The van der Waals surface area contributed by atoms with E-state index in [-0.39, 0.29) is 5.82 Å². The van der Waals surface area contributed by atoms with Crippen LogP contribution in [-0.4, -0.2) is 16.6 Å². The number of unbranched alkanes of at least 4 members (excludes halogenated alkanes) is 4. The van der Waals surface area contributed by atoms with Crippen molar-refractivity contribution in [1.29, 1.82) is 0 Å². The summed E-state index contributed by atoms with van der Waals surface area (Å²) in [7, 11) is 0. The fraction of sp³-hybridized carbons (Fsp3) is 0.500. The lowest BCUT2D eigenvalue weighted by atomic mass is 10.1. The van der Waals surface area contributed by atoms with Crippen molar-refractivity contribution >= 4 is 0 Å². The standard InChI is InChI=1S/C20H27FN2O/c1-3-5-7-9-16-14-22-20(23-15-16)17-10-11-19(18(21)13-17)24-12-8-6-4-2/h10-11,13-15H,3-9,12H2,1-2H3. The van der Waals surface area contributed by atoms with E-state index in [0.29, 0.717) is 23.7 Å². The molecule has 0 N–H and O–H groups in total. The maximum absolute atomic E-state index is 14.1. The van der Waals surface area contributed by atoms with Crippen LogP contribution >= 0.6 is 0 Å². The molecule has 0 saturated carbocycles. The highest BCUT2D eigenvalue weighted by molar-refractivity contribution is 5.56. The summed E-state index contributed by atoms with van der Waals surface area (Å²) in [4.78, 5) is 8.73.